The third-order valence-corrected chi connectivity index (χ3v) is 3.92. The van der Waals surface area contributed by atoms with Gasteiger partial charge >= 0.3 is 0 Å². The number of likely N-dealkylation sites (tertiary alicyclic amines) is 1. The smallest absolute Gasteiger partial charge is 0.0938 e. The number of hydrogen-bond donors (Lipinski definition) is 3. The third kappa shape index (κ3) is 3.54. The van der Waals surface area contributed by atoms with Gasteiger partial charge in [-0.25, -0.2) is 0 Å². The Morgan fingerprint density at radius 1 is 1.21 bits per heavy atom. The molecule has 0 aliphatic carbocycles. The molecule has 0 saturated carbocycles. The Bertz CT molecular complexity index is 375. The van der Waals surface area contributed by atoms with E-state index in [-0.39, 0.29) is 6.04 Å². The molecule has 4 unspecified atom stereocenters. The number of β-amino-alcohol motifs (C(OH)–C–C–N with tert-alkyl or cyclic N) is 2. The van der Waals surface area contributed by atoms with Crippen LogP contribution in [0.15, 0.2) is 30.3 Å². The number of hydrogen-bond acceptors (Lipinski definition) is 4. The molecule has 0 bridgehead atoms. The molecule has 106 valence electrons. The summed E-state index contributed by atoms with van der Waals surface area (Å²) in [5.41, 5.74) is 1.28. The van der Waals surface area contributed by atoms with Gasteiger partial charge in [0.15, 0.2) is 0 Å². The molecule has 1 heterocycles. The molecule has 0 aromatic heterocycles. The van der Waals surface area contributed by atoms with E-state index in [1.807, 2.05) is 13.1 Å². The molecule has 3 N–H and O–H groups in total. The van der Waals surface area contributed by atoms with E-state index < -0.39 is 12.2 Å². The molecule has 1 fully saturated rings. The van der Waals surface area contributed by atoms with Gasteiger partial charge in [-0.2, -0.15) is 0 Å². The Kier molecular flexibility index (Phi) is 4.93. The molecule has 0 radical (unpaired) electrons. The van der Waals surface area contributed by atoms with E-state index in [9.17, 15) is 10.2 Å². The monoisotopic (exact) mass is 264 g/mol. The summed E-state index contributed by atoms with van der Waals surface area (Å²) >= 11 is 0. The second-order valence-corrected chi connectivity index (χ2v) is 5.51. The van der Waals surface area contributed by atoms with E-state index >= 15 is 0 Å². The van der Waals surface area contributed by atoms with Gasteiger partial charge in [-0.15, -0.1) is 0 Å². The Labute approximate surface area is 115 Å². The second-order valence-electron chi connectivity index (χ2n) is 5.51. The molecule has 4 heteroatoms. The number of benzene rings is 1. The Hall–Kier alpha value is -0.940. The largest absolute Gasteiger partial charge is 0.389 e. The highest BCUT2D eigenvalue weighted by molar-refractivity contribution is 5.19. The van der Waals surface area contributed by atoms with Gasteiger partial charge in [0.2, 0.25) is 0 Å². The minimum Gasteiger partial charge on any atom is -0.389 e. The lowest BCUT2D eigenvalue weighted by Crippen LogP contribution is -2.34. The van der Waals surface area contributed by atoms with Crippen molar-refractivity contribution in [1.29, 1.82) is 0 Å². The summed E-state index contributed by atoms with van der Waals surface area (Å²) in [6.07, 6.45) is -1.20. The molecule has 1 aliphatic heterocycles. The highest BCUT2D eigenvalue weighted by Gasteiger charge is 2.31. The fraction of sp³-hybridized carbons (Fsp3) is 0.600. The first-order valence-electron chi connectivity index (χ1n) is 6.92. The van der Waals surface area contributed by atoms with Crippen LogP contribution in [0.4, 0.5) is 0 Å². The maximum atomic E-state index is 9.59. The van der Waals surface area contributed by atoms with Gasteiger partial charge in [-0.05, 0) is 18.5 Å². The normalized spacial score (nSPS) is 27.4. The van der Waals surface area contributed by atoms with E-state index in [4.69, 9.17) is 0 Å². The fourth-order valence-corrected chi connectivity index (χ4v) is 2.95. The van der Waals surface area contributed by atoms with Crippen molar-refractivity contribution in [1.82, 2.24) is 10.2 Å². The van der Waals surface area contributed by atoms with E-state index in [0.717, 1.165) is 6.54 Å². The highest BCUT2D eigenvalue weighted by atomic mass is 16.3. The number of nitrogens with one attached hydrogen (secondary N) is 1. The van der Waals surface area contributed by atoms with Crippen molar-refractivity contribution in [3.8, 4) is 0 Å². The van der Waals surface area contributed by atoms with Crippen LogP contribution in [-0.2, 0) is 0 Å². The van der Waals surface area contributed by atoms with Gasteiger partial charge in [0, 0.05) is 25.7 Å². The average molecular weight is 264 g/mol. The molecule has 1 aromatic rings. The lowest BCUT2D eigenvalue weighted by molar-refractivity contribution is 0.0572. The summed E-state index contributed by atoms with van der Waals surface area (Å²) in [5.74, 6) is 0.407. The van der Waals surface area contributed by atoms with E-state index in [0.29, 0.717) is 19.0 Å². The molecular weight excluding hydrogens is 240 g/mol. The minimum absolute atomic E-state index is 0.288. The first-order chi connectivity index (χ1) is 9.11. The summed E-state index contributed by atoms with van der Waals surface area (Å²) in [6.45, 7) is 4.20. The van der Waals surface area contributed by atoms with Gasteiger partial charge in [0.05, 0.1) is 12.2 Å². The van der Waals surface area contributed by atoms with E-state index in [1.165, 1.54) is 5.56 Å². The zero-order valence-corrected chi connectivity index (χ0v) is 11.7. The molecular formula is C15H24N2O2. The first-order valence-corrected chi connectivity index (χ1v) is 6.92. The quantitative estimate of drug-likeness (QED) is 0.730. The predicted octanol–water partition coefficient (Wildman–Crippen LogP) is 0.621. The van der Waals surface area contributed by atoms with E-state index in [1.54, 1.807) is 0 Å². The Balaban J connectivity index is 1.96. The van der Waals surface area contributed by atoms with Crippen molar-refractivity contribution in [2.75, 3.05) is 26.7 Å². The van der Waals surface area contributed by atoms with Crippen LogP contribution >= 0.6 is 0 Å². The van der Waals surface area contributed by atoms with Crippen LogP contribution in [0.5, 0.6) is 0 Å². The van der Waals surface area contributed by atoms with Crippen LogP contribution in [-0.4, -0.2) is 54.0 Å². The van der Waals surface area contributed by atoms with Crippen molar-refractivity contribution in [3.63, 3.8) is 0 Å². The zero-order valence-electron chi connectivity index (χ0n) is 11.7. The van der Waals surface area contributed by atoms with Gasteiger partial charge in [-0.3, -0.25) is 4.90 Å². The maximum Gasteiger partial charge on any atom is 0.0938 e. The van der Waals surface area contributed by atoms with Crippen LogP contribution in [0, 0.1) is 5.92 Å². The van der Waals surface area contributed by atoms with Gasteiger partial charge in [-0.1, -0.05) is 37.3 Å². The molecule has 19 heavy (non-hydrogen) atoms. The van der Waals surface area contributed by atoms with Crippen LogP contribution in [0.1, 0.15) is 18.5 Å². The van der Waals surface area contributed by atoms with Crippen molar-refractivity contribution in [2.24, 2.45) is 5.92 Å². The lowest BCUT2D eigenvalue weighted by atomic mass is 9.94. The number of rotatable bonds is 5. The minimum atomic E-state index is -0.600. The standard InChI is InChI=1S/C15H24N2O2/c1-11(8-17-9-13(18)14(19)10-17)15(16-2)12-6-4-3-5-7-12/h3-7,11,13-16,18-19H,8-10H2,1-2H3. The van der Waals surface area contributed by atoms with Gasteiger partial charge in [0.25, 0.3) is 0 Å². The highest BCUT2D eigenvalue weighted by Crippen LogP contribution is 2.23. The van der Waals surface area contributed by atoms with Crippen LogP contribution in [0.3, 0.4) is 0 Å². The van der Waals surface area contributed by atoms with Crippen molar-refractivity contribution in [2.45, 2.75) is 25.2 Å². The van der Waals surface area contributed by atoms with Gasteiger partial charge < -0.3 is 15.5 Å². The maximum absolute atomic E-state index is 9.59. The van der Waals surface area contributed by atoms with Crippen LogP contribution < -0.4 is 5.32 Å². The second kappa shape index (κ2) is 6.48. The molecule has 1 aliphatic rings. The molecule has 4 atom stereocenters. The van der Waals surface area contributed by atoms with Crippen LogP contribution in [0.25, 0.3) is 0 Å². The summed E-state index contributed by atoms with van der Waals surface area (Å²) in [6, 6.07) is 10.7. The number of nitrogens with zero attached hydrogens (tertiary/aromatic N) is 1. The summed E-state index contributed by atoms with van der Waals surface area (Å²) in [5, 5.41) is 22.5. The third-order valence-electron chi connectivity index (χ3n) is 3.92. The topological polar surface area (TPSA) is 55.7 Å². The van der Waals surface area contributed by atoms with Crippen molar-refractivity contribution in [3.05, 3.63) is 35.9 Å². The number of aliphatic hydroxyl groups excluding tert-OH is 2. The summed E-state index contributed by atoms with van der Waals surface area (Å²) < 4.78 is 0. The molecule has 1 saturated heterocycles. The van der Waals surface area contributed by atoms with Crippen molar-refractivity contribution < 1.29 is 10.2 Å². The zero-order chi connectivity index (χ0) is 13.8. The predicted molar refractivity (Wildman–Crippen MR) is 75.9 cm³/mol. The lowest BCUT2D eigenvalue weighted by Gasteiger charge is -2.28. The Morgan fingerprint density at radius 2 is 1.79 bits per heavy atom. The van der Waals surface area contributed by atoms with E-state index in [2.05, 4.69) is 41.4 Å². The molecule has 0 amide bonds. The van der Waals surface area contributed by atoms with Gasteiger partial charge in [0.1, 0.15) is 0 Å². The van der Waals surface area contributed by atoms with Crippen molar-refractivity contribution >= 4 is 0 Å². The summed E-state index contributed by atoms with van der Waals surface area (Å²) in [7, 11) is 1.97. The fourth-order valence-electron chi connectivity index (χ4n) is 2.95. The molecule has 2 rings (SSSR count). The number of aliphatic hydroxyl groups is 2. The van der Waals surface area contributed by atoms with Crippen LogP contribution in [0.2, 0.25) is 0 Å². The molecule has 4 nitrogen and oxygen atoms in total. The SMILES string of the molecule is CNC(c1ccccc1)C(C)CN1CC(O)C(O)C1. The first kappa shape index (κ1) is 14.5. The summed E-state index contributed by atoms with van der Waals surface area (Å²) in [4.78, 5) is 2.13. The molecule has 1 aromatic carbocycles. The molecule has 0 spiro atoms. The average Bonchev–Trinajstić information content (AvgIpc) is 2.70. The Morgan fingerprint density at radius 3 is 2.32 bits per heavy atom.